The summed E-state index contributed by atoms with van der Waals surface area (Å²) < 4.78 is 24.9. The van der Waals surface area contributed by atoms with Gasteiger partial charge < -0.3 is 0 Å². The molecule has 106 valence electrons. The molecule has 1 amide bonds. The largest absolute Gasteiger partial charge is 0.296 e. The van der Waals surface area contributed by atoms with E-state index in [0.717, 1.165) is 17.6 Å². The number of nitrogens with one attached hydrogen (secondary N) is 2. The molecule has 0 aliphatic heterocycles. The average Bonchev–Trinajstić information content (AvgIpc) is 2.74. The maximum absolute atomic E-state index is 12.0. The van der Waals surface area contributed by atoms with Crippen molar-refractivity contribution in [1.29, 1.82) is 0 Å². The Bertz CT molecular complexity index is 744. The van der Waals surface area contributed by atoms with Crippen molar-refractivity contribution in [2.75, 3.05) is 16.3 Å². The predicted octanol–water partition coefficient (Wildman–Crippen LogP) is 1.92. The molecule has 1 heterocycles. The van der Waals surface area contributed by atoms with E-state index >= 15 is 0 Å². The summed E-state index contributed by atoms with van der Waals surface area (Å²) in [5.74, 6) is -0.362. The lowest BCUT2D eigenvalue weighted by molar-refractivity contribution is 0.102. The van der Waals surface area contributed by atoms with Gasteiger partial charge in [-0.3, -0.25) is 14.8 Å². The van der Waals surface area contributed by atoms with E-state index in [1.165, 1.54) is 0 Å². The molecule has 0 unspecified atom stereocenters. The first-order chi connectivity index (χ1) is 9.35. The first-order valence-corrected chi connectivity index (χ1v) is 8.72. The zero-order valence-electron chi connectivity index (χ0n) is 10.1. The number of sulfonamides is 1. The van der Waals surface area contributed by atoms with Crippen molar-refractivity contribution in [3.8, 4) is 0 Å². The molecule has 10 heteroatoms. The Morgan fingerprint density at radius 1 is 1.25 bits per heavy atom. The van der Waals surface area contributed by atoms with Crippen LogP contribution in [-0.2, 0) is 10.0 Å². The zero-order chi connectivity index (χ0) is 14.8. The van der Waals surface area contributed by atoms with Crippen LogP contribution in [0.4, 0.5) is 10.3 Å². The molecule has 0 atom stereocenters. The molecule has 0 fully saturated rings. The van der Waals surface area contributed by atoms with Gasteiger partial charge in [-0.05, 0) is 28.1 Å². The van der Waals surface area contributed by atoms with Gasteiger partial charge in [-0.15, -0.1) is 10.2 Å². The molecule has 0 aliphatic carbocycles. The molecule has 0 bridgehead atoms. The van der Waals surface area contributed by atoms with Gasteiger partial charge in [-0.2, -0.15) is 0 Å². The van der Waals surface area contributed by atoms with Crippen LogP contribution in [0.2, 0.25) is 0 Å². The number of halogens is 1. The number of carbonyl (C=O) groups excluding carboxylic acids is 1. The molecule has 1 aromatic heterocycles. The van der Waals surface area contributed by atoms with Crippen LogP contribution in [0.3, 0.4) is 0 Å². The van der Waals surface area contributed by atoms with Gasteiger partial charge in [0.1, 0.15) is 0 Å². The summed E-state index contributed by atoms with van der Waals surface area (Å²) in [6, 6.07) is 6.91. The molecule has 1 aromatic carbocycles. The van der Waals surface area contributed by atoms with Gasteiger partial charge in [0.25, 0.3) is 5.91 Å². The van der Waals surface area contributed by atoms with E-state index in [0.29, 0.717) is 10.0 Å². The summed E-state index contributed by atoms with van der Waals surface area (Å²) in [5, 5.41) is 10.2. The molecule has 7 nitrogen and oxygen atoms in total. The third kappa shape index (κ3) is 3.99. The standard InChI is InChI=1S/C10H9BrN4O3S2/c1-20(17,18)15-10-14-13-9(19-10)12-8(16)6-4-2-3-5-7(6)11/h2-5H,1H3,(H,14,15)(H,12,13,16). The van der Waals surface area contributed by atoms with Crippen molar-refractivity contribution in [2.24, 2.45) is 0 Å². The van der Waals surface area contributed by atoms with Crippen LogP contribution in [0.15, 0.2) is 28.7 Å². The molecule has 2 rings (SSSR count). The van der Waals surface area contributed by atoms with Crippen LogP contribution in [-0.4, -0.2) is 30.8 Å². The second-order valence-corrected chi connectivity index (χ2v) is 7.30. The van der Waals surface area contributed by atoms with Gasteiger partial charge in [-0.1, -0.05) is 23.5 Å². The van der Waals surface area contributed by atoms with Gasteiger partial charge in [0, 0.05) is 4.47 Å². The number of hydrogen-bond acceptors (Lipinski definition) is 6. The number of hydrogen-bond donors (Lipinski definition) is 2. The summed E-state index contributed by atoms with van der Waals surface area (Å²) in [4.78, 5) is 12.0. The quantitative estimate of drug-likeness (QED) is 0.848. The minimum atomic E-state index is -3.41. The van der Waals surface area contributed by atoms with Crippen molar-refractivity contribution in [3.63, 3.8) is 0 Å². The highest BCUT2D eigenvalue weighted by atomic mass is 79.9. The van der Waals surface area contributed by atoms with E-state index in [9.17, 15) is 13.2 Å². The van der Waals surface area contributed by atoms with Crippen LogP contribution >= 0.6 is 27.3 Å². The number of nitrogens with zero attached hydrogens (tertiary/aromatic N) is 2. The third-order valence-electron chi connectivity index (χ3n) is 2.04. The molecule has 0 saturated carbocycles. The van der Waals surface area contributed by atoms with Crippen LogP contribution < -0.4 is 10.0 Å². The molecule has 0 radical (unpaired) electrons. The lowest BCUT2D eigenvalue weighted by atomic mass is 10.2. The number of rotatable bonds is 4. The van der Waals surface area contributed by atoms with Crippen LogP contribution in [0.5, 0.6) is 0 Å². The third-order valence-corrected chi connectivity index (χ3v) is 4.18. The van der Waals surface area contributed by atoms with Crippen LogP contribution in [0, 0.1) is 0 Å². The Kier molecular flexibility index (Phi) is 4.35. The van der Waals surface area contributed by atoms with Crippen LogP contribution in [0.25, 0.3) is 0 Å². The maximum Gasteiger partial charge on any atom is 0.258 e. The Hall–Kier alpha value is -1.52. The SMILES string of the molecule is CS(=O)(=O)Nc1nnc(NC(=O)c2ccccc2Br)s1. The summed E-state index contributed by atoms with van der Waals surface area (Å²) >= 11 is 4.20. The number of amides is 1. The minimum Gasteiger partial charge on any atom is -0.296 e. The Balaban J connectivity index is 2.11. The highest BCUT2D eigenvalue weighted by Gasteiger charge is 2.13. The zero-order valence-corrected chi connectivity index (χ0v) is 13.3. The average molecular weight is 377 g/mol. The number of aromatic nitrogens is 2. The highest BCUT2D eigenvalue weighted by Crippen LogP contribution is 2.22. The molecule has 2 N–H and O–H groups in total. The Morgan fingerprint density at radius 3 is 2.55 bits per heavy atom. The fourth-order valence-corrected chi connectivity index (χ4v) is 3.22. The molecule has 0 saturated heterocycles. The van der Waals surface area contributed by atoms with Crippen molar-refractivity contribution < 1.29 is 13.2 Å². The van der Waals surface area contributed by atoms with E-state index in [4.69, 9.17) is 0 Å². The van der Waals surface area contributed by atoms with Gasteiger partial charge in [0.15, 0.2) is 0 Å². The van der Waals surface area contributed by atoms with Crippen molar-refractivity contribution >= 4 is 53.5 Å². The summed E-state index contributed by atoms with van der Waals surface area (Å²) in [6.07, 6.45) is 1.01. The van der Waals surface area contributed by atoms with E-state index in [2.05, 4.69) is 36.2 Å². The highest BCUT2D eigenvalue weighted by molar-refractivity contribution is 9.10. The predicted molar refractivity (Wildman–Crippen MR) is 80.5 cm³/mol. The number of carbonyl (C=O) groups is 1. The van der Waals surface area contributed by atoms with Crippen molar-refractivity contribution in [3.05, 3.63) is 34.3 Å². The molecule has 20 heavy (non-hydrogen) atoms. The van der Waals surface area contributed by atoms with E-state index in [-0.39, 0.29) is 16.2 Å². The van der Waals surface area contributed by atoms with E-state index in [1.54, 1.807) is 24.3 Å². The topological polar surface area (TPSA) is 101 Å². The van der Waals surface area contributed by atoms with Gasteiger partial charge in [-0.25, -0.2) is 8.42 Å². The van der Waals surface area contributed by atoms with E-state index < -0.39 is 10.0 Å². The Morgan fingerprint density at radius 2 is 1.90 bits per heavy atom. The van der Waals surface area contributed by atoms with Gasteiger partial charge in [0.2, 0.25) is 20.3 Å². The second-order valence-electron chi connectivity index (χ2n) is 3.72. The molecule has 0 aliphatic rings. The smallest absolute Gasteiger partial charge is 0.258 e. The van der Waals surface area contributed by atoms with Crippen molar-refractivity contribution in [1.82, 2.24) is 10.2 Å². The number of anilines is 2. The summed E-state index contributed by atoms with van der Waals surface area (Å²) in [6.45, 7) is 0. The van der Waals surface area contributed by atoms with Gasteiger partial charge in [0.05, 0.1) is 11.8 Å². The van der Waals surface area contributed by atoms with Crippen LogP contribution in [0.1, 0.15) is 10.4 Å². The second kappa shape index (κ2) is 5.85. The minimum absolute atomic E-state index is 0.0925. The molecule has 0 spiro atoms. The first-order valence-electron chi connectivity index (χ1n) is 5.22. The summed E-state index contributed by atoms with van der Waals surface area (Å²) in [5.41, 5.74) is 0.445. The first kappa shape index (κ1) is 14.9. The molecular weight excluding hydrogens is 368 g/mol. The lowest BCUT2D eigenvalue weighted by Crippen LogP contribution is -2.12. The lowest BCUT2D eigenvalue weighted by Gasteiger charge is -2.02. The monoisotopic (exact) mass is 376 g/mol. The normalized spacial score (nSPS) is 11.1. The molecule has 2 aromatic rings. The van der Waals surface area contributed by atoms with Crippen molar-refractivity contribution in [2.45, 2.75) is 0 Å². The summed E-state index contributed by atoms with van der Waals surface area (Å²) in [7, 11) is -3.41. The molecular formula is C10H9BrN4O3S2. The maximum atomic E-state index is 12.0. The van der Waals surface area contributed by atoms with Gasteiger partial charge >= 0.3 is 0 Å². The Labute approximate surface area is 127 Å². The fraction of sp³-hybridized carbons (Fsp3) is 0.100. The number of benzene rings is 1. The van der Waals surface area contributed by atoms with E-state index in [1.807, 2.05) is 0 Å². The fourth-order valence-electron chi connectivity index (χ4n) is 1.28.